The van der Waals surface area contributed by atoms with Gasteiger partial charge in [-0.05, 0) is 70.1 Å². The number of anilines is 1. The van der Waals surface area contributed by atoms with Crippen molar-refractivity contribution in [1.29, 1.82) is 0 Å². The molecule has 192 valence electrons. The Morgan fingerprint density at radius 1 is 1.19 bits per heavy atom. The van der Waals surface area contributed by atoms with Crippen LogP contribution >= 0.6 is 11.6 Å². The SMILES string of the molecule is CC(C)(O)C1=Nc2c(F)cc(-c3nc(N[C@H]4CC5CCC[C@@H](O5)[C@@H]4O)ncc3Cl)cc2C12CCCC2. The molecule has 1 aromatic carbocycles. The van der Waals surface area contributed by atoms with Gasteiger partial charge in [0.05, 0.1) is 46.5 Å². The van der Waals surface area contributed by atoms with Gasteiger partial charge >= 0.3 is 0 Å². The highest BCUT2D eigenvalue weighted by Gasteiger charge is 2.51. The van der Waals surface area contributed by atoms with Crippen molar-refractivity contribution in [1.82, 2.24) is 9.97 Å². The summed E-state index contributed by atoms with van der Waals surface area (Å²) in [6.07, 6.45) is 7.99. The van der Waals surface area contributed by atoms with Crippen molar-refractivity contribution in [3.05, 3.63) is 34.7 Å². The summed E-state index contributed by atoms with van der Waals surface area (Å²) >= 11 is 6.52. The lowest BCUT2D eigenvalue weighted by Crippen LogP contribution is -2.53. The van der Waals surface area contributed by atoms with Gasteiger partial charge in [0, 0.05) is 11.0 Å². The van der Waals surface area contributed by atoms with Crippen LogP contribution in [0.25, 0.3) is 11.3 Å². The molecule has 2 saturated heterocycles. The molecular weight excluding hydrogens is 483 g/mol. The Balaban J connectivity index is 1.35. The van der Waals surface area contributed by atoms with Gasteiger partial charge in [0.15, 0.2) is 0 Å². The Bertz CT molecular complexity index is 1220. The summed E-state index contributed by atoms with van der Waals surface area (Å²) in [5, 5.41) is 25.2. The van der Waals surface area contributed by atoms with Gasteiger partial charge in [0.25, 0.3) is 0 Å². The molecule has 1 spiro atoms. The molecule has 9 heteroatoms. The van der Waals surface area contributed by atoms with Crippen LogP contribution in [0.1, 0.15) is 70.8 Å². The van der Waals surface area contributed by atoms with E-state index < -0.39 is 22.9 Å². The van der Waals surface area contributed by atoms with Crippen LogP contribution in [0.3, 0.4) is 0 Å². The number of halogens is 2. The van der Waals surface area contributed by atoms with Crippen molar-refractivity contribution in [3.8, 4) is 11.3 Å². The fourth-order valence-electron chi connectivity index (χ4n) is 6.75. The third kappa shape index (κ3) is 3.93. The molecule has 3 N–H and O–H groups in total. The van der Waals surface area contributed by atoms with Crippen molar-refractivity contribution in [3.63, 3.8) is 0 Å². The normalized spacial score (nSPS) is 28.8. The highest BCUT2D eigenvalue weighted by Crippen LogP contribution is 2.54. The number of aliphatic hydroxyl groups is 2. The molecule has 3 aliphatic heterocycles. The molecule has 1 unspecified atom stereocenters. The van der Waals surface area contributed by atoms with E-state index in [0.29, 0.717) is 40.0 Å². The minimum Gasteiger partial charge on any atom is -0.388 e. The van der Waals surface area contributed by atoms with Gasteiger partial charge in [0.2, 0.25) is 5.95 Å². The van der Waals surface area contributed by atoms with Crippen LogP contribution in [0, 0.1) is 5.82 Å². The molecule has 4 aliphatic rings. The number of nitrogens with zero attached hydrogens (tertiary/aromatic N) is 3. The zero-order valence-electron chi connectivity index (χ0n) is 20.6. The first-order valence-corrected chi connectivity index (χ1v) is 13.3. The van der Waals surface area contributed by atoms with E-state index in [9.17, 15) is 10.2 Å². The van der Waals surface area contributed by atoms with Crippen LogP contribution in [0.2, 0.25) is 5.02 Å². The molecule has 0 amide bonds. The highest BCUT2D eigenvalue weighted by atomic mass is 35.5. The number of hydrogen-bond acceptors (Lipinski definition) is 7. The Labute approximate surface area is 215 Å². The highest BCUT2D eigenvalue weighted by molar-refractivity contribution is 6.33. The number of nitrogens with one attached hydrogen (secondary N) is 1. The zero-order valence-corrected chi connectivity index (χ0v) is 21.4. The Morgan fingerprint density at radius 3 is 2.72 bits per heavy atom. The van der Waals surface area contributed by atoms with Gasteiger partial charge in [-0.15, -0.1) is 0 Å². The molecule has 3 fully saturated rings. The quantitative estimate of drug-likeness (QED) is 0.525. The van der Waals surface area contributed by atoms with Crippen LogP contribution in [0.4, 0.5) is 16.0 Å². The van der Waals surface area contributed by atoms with E-state index in [-0.39, 0.29) is 18.2 Å². The molecule has 36 heavy (non-hydrogen) atoms. The molecule has 0 radical (unpaired) electrons. The number of benzene rings is 1. The summed E-state index contributed by atoms with van der Waals surface area (Å²) in [5.74, 6) is -0.117. The lowest BCUT2D eigenvalue weighted by atomic mass is 9.71. The molecule has 2 bridgehead atoms. The average Bonchev–Trinajstić information content (AvgIpc) is 3.45. The zero-order chi connectivity index (χ0) is 25.2. The van der Waals surface area contributed by atoms with E-state index in [0.717, 1.165) is 50.5 Å². The maximum absolute atomic E-state index is 15.5. The Hall–Kier alpha value is -2.13. The Kier molecular flexibility index (Phi) is 5.87. The van der Waals surface area contributed by atoms with E-state index in [4.69, 9.17) is 16.3 Å². The second-order valence-corrected chi connectivity index (χ2v) is 11.7. The number of ether oxygens (including phenoxy) is 1. The lowest BCUT2D eigenvalue weighted by Gasteiger charge is -2.43. The molecule has 2 aromatic rings. The largest absolute Gasteiger partial charge is 0.388 e. The van der Waals surface area contributed by atoms with Crippen molar-refractivity contribution in [2.45, 2.75) is 101 Å². The number of hydrogen-bond donors (Lipinski definition) is 3. The summed E-state index contributed by atoms with van der Waals surface area (Å²) in [4.78, 5) is 13.6. The standard InChI is InChI=1S/C27H32ClFN4O3/c1-26(2,35)24-27(8-3-4-9-27)16-10-14(11-18(29)22(16)32-24)21-17(28)13-30-25(33-21)31-19-12-15-6-5-7-20(36-15)23(19)34/h10-11,13,15,19-20,23,34-35H,3-9,12H2,1-2H3,(H,30,31,33)/t15?,19-,20+,23+/m0/s1. The van der Waals surface area contributed by atoms with Crippen LogP contribution in [-0.4, -0.2) is 55.8 Å². The molecular formula is C27H32ClFN4O3. The summed E-state index contributed by atoms with van der Waals surface area (Å²) in [7, 11) is 0. The van der Waals surface area contributed by atoms with Crippen LogP contribution < -0.4 is 5.32 Å². The van der Waals surface area contributed by atoms with Crippen molar-refractivity contribution in [2.75, 3.05) is 5.32 Å². The second-order valence-electron chi connectivity index (χ2n) is 11.3. The van der Waals surface area contributed by atoms with Crippen LogP contribution in [0.15, 0.2) is 23.3 Å². The minimum absolute atomic E-state index is 0.120. The number of fused-ring (bicyclic) bond motifs is 4. The number of aliphatic imine (C=N–C) groups is 1. The van der Waals surface area contributed by atoms with Gasteiger partial charge in [-0.1, -0.05) is 24.4 Å². The predicted molar refractivity (Wildman–Crippen MR) is 137 cm³/mol. The third-order valence-corrected chi connectivity index (χ3v) is 8.59. The van der Waals surface area contributed by atoms with E-state index in [1.54, 1.807) is 13.8 Å². The Morgan fingerprint density at radius 2 is 1.97 bits per heavy atom. The smallest absolute Gasteiger partial charge is 0.223 e. The first-order valence-electron chi connectivity index (χ1n) is 12.9. The first kappa shape index (κ1) is 24.2. The average molecular weight is 515 g/mol. The maximum Gasteiger partial charge on any atom is 0.223 e. The second kappa shape index (κ2) is 8.72. The maximum atomic E-state index is 15.5. The molecule has 7 nitrogen and oxygen atoms in total. The third-order valence-electron chi connectivity index (χ3n) is 8.32. The van der Waals surface area contributed by atoms with Gasteiger partial charge in [-0.2, -0.15) is 0 Å². The van der Waals surface area contributed by atoms with E-state index in [1.165, 1.54) is 12.3 Å². The number of aliphatic hydroxyl groups excluding tert-OH is 1. The van der Waals surface area contributed by atoms with Gasteiger partial charge in [-0.3, -0.25) is 4.99 Å². The van der Waals surface area contributed by atoms with E-state index in [2.05, 4.69) is 20.3 Å². The molecule has 6 rings (SSSR count). The number of aromatic nitrogens is 2. The number of rotatable bonds is 4. The van der Waals surface area contributed by atoms with Crippen molar-refractivity contribution in [2.24, 2.45) is 4.99 Å². The lowest BCUT2D eigenvalue weighted by molar-refractivity contribution is -0.146. The van der Waals surface area contributed by atoms with Crippen LogP contribution in [0.5, 0.6) is 0 Å². The molecule has 1 saturated carbocycles. The van der Waals surface area contributed by atoms with Crippen molar-refractivity contribution >= 4 is 28.9 Å². The van der Waals surface area contributed by atoms with Crippen molar-refractivity contribution < 1.29 is 19.3 Å². The molecule has 1 aliphatic carbocycles. The van der Waals surface area contributed by atoms with Gasteiger partial charge in [0.1, 0.15) is 17.6 Å². The summed E-state index contributed by atoms with van der Waals surface area (Å²) in [6.45, 7) is 3.43. The molecule has 4 heterocycles. The van der Waals surface area contributed by atoms with Gasteiger partial charge in [-0.25, -0.2) is 14.4 Å². The van der Waals surface area contributed by atoms with Gasteiger partial charge < -0.3 is 20.3 Å². The monoisotopic (exact) mass is 514 g/mol. The summed E-state index contributed by atoms with van der Waals surface area (Å²) in [6, 6.07) is 3.10. The fourth-order valence-corrected chi connectivity index (χ4v) is 6.95. The topological polar surface area (TPSA) is 99.9 Å². The minimum atomic E-state index is -1.15. The summed E-state index contributed by atoms with van der Waals surface area (Å²) in [5.41, 5.74) is 1.07. The predicted octanol–water partition coefficient (Wildman–Crippen LogP) is 5.09. The van der Waals surface area contributed by atoms with Crippen LogP contribution in [-0.2, 0) is 10.2 Å². The molecule has 1 aromatic heterocycles. The fraction of sp³-hybridized carbons (Fsp3) is 0.593. The molecule has 4 atom stereocenters. The van der Waals surface area contributed by atoms with E-state index >= 15 is 4.39 Å². The van der Waals surface area contributed by atoms with E-state index in [1.807, 2.05) is 6.07 Å². The summed E-state index contributed by atoms with van der Waals surface area (Å²) < 4.78 is 21.4. The first-order chi connectivity index (χ1) is 17.2.